The van der Waals surface area contributed by atoms with E-state index in [0.717, 1.165) is 0 Å². The lowest BCUT2D eigenvalue weighted by molar-refractivity contribution is -0.141. The summed E-state index contributed by atoms with van der Waals surface area (Å²) in [7, 11) is 2.92. The summed E-state index contributed by atoms with van der Waals surface area (Å²) in [6.45, 7) is 0.487. The largest absolute Gasteiger partial charge is 0.469 e. The quantitative estimate of drug-likeness (QED) is 0.634. The Labute approximate surface area is 82.8 Å². The van der Waals surface area contributed by atoms with Crippen molar-refractivity contribution in [3.8, 4) is 0 Å². The molecule has 0 radical (unpaired) electrons. The maximum Gasteiger partial charge on any atom is 0.307 e. The minimum absolute atomic E-state index is 0.0269. The van der Waals surface area contributed by atoms with Gasteiger partial charge in [0.05, 0.1) is 20.1 Å². The molecular formula is C9H15NO4. The van der Waals surface area contributed by atoms with E-state index in [-0.39, 0.29) is 30.3 Å². The van der Waals surface area contributed by atoms with Crippen LogP contribution in [0, 0.1) is 5.92 Å². The van der Waals surface area contributed by atoms with Gasteiger partial charge >= 0.3 is 5.97 Å². The number of carbonyl (C=O) groups excluding carboxylic acids is 2. The van der Waals surface area contributed by atoms with Gasteiger partial charge in [-0.2, -0.15) is 0 Å². The van der Waals surface area contributed by atoms with Gasteiger partial charge in [-0.1, -0.05) is 0 Å². The smallest absolute Gasteiger partial charge is 0.307 e. The van der Waals surface area contributed by atoms with E-state index in [1.165, 1.54) is 7.11 Å². The number of hydrogen-bond donors (Lipinski definition) is 1. The van der Waals surface area contributed by atoms with Crippen molar-refractivity contribution in [2.24, 2.45) is 5.92 Å². The van der Waals surface area contributed by atoms with Crippen LogP contribution in [-0.2, 0) is 19.1 Å². The zero-order chi connectivity index (χ0) is 10.6. The summed E-state index contributed by atoms with van der Waals surface area (Å²) < 4.78 is 9.52. The van der Waals surface area contributed by atoms with Crippen LogP contribution in [0.15, 0.2) is 0 Å². The van der Waals surface area contributed by atoms with Crippen LogP contribution in [0.5, 0.6) is 0 Å². The molecular weight excluding hydrogens is 186 g/mol. The van der Waals surface area contributed by atoms with Gasteiger partial charge in [-0.05, 0) is 0 Å². The van der Waals surface area contributed by atoms with E-state index in [1.54, 1.807) is 7.11 Å². The maximum atomic E-state index is 11.1. The van der Waals surface area contributed by atoms with Crippen LogP contribution >= 0.6 is 0 Å². The monoisotopic (exact) mass is 201 g/mol. The van der Waals surface area contributed by atoms with E-state index in [1.807, 2.05) is 0 Å². The average Bonchev–Trinajstić information content (AvgIpc) is 2.47. The van der Waals surface area contributed by atoms with Gasteiger partial charge in [-0.25, -0.2) is 0 Å². The van der Waals surface area contributed by atoms with E-state index < -0.39 is 0 Å². The van der Waals surface area contributed by atoms with E-state index in [0.29, 0.717) is 13.0 Å². The first-order chi connectivity index (χ1) is 6.67. The summed E-state index contributed by atoms with van der Waals surface area (Å²) in [4.78, 5) is 22.1. The number of ether oxygens (including phenoxy) is 2. The summed E-state index contributed by atoms with van der Waals surface area (Å²) in [5.74, 6) is -0.258. The first-order valence-corrected chi connectivity index (χ1v) is 4.52. The Hall–Kier alpha value is -1.10. The second-order valence-corrected chi connectivity index (χ2v) is 3.37. The SMILES string of the molecule is COC[C@H]1CC(=O)N[C@@H]1CC(=O)OC. The molecule has 1 N–H and O–H groups in total. The summed E-state index contributed by atoms with van der Waals surface area (Å²) in [6, 6.07) is -0.144. The number of carbonyl (C=O) groups is 2. The molecule has 0 aliphatic carbocycles. The molecule has 5 heteroatoms. The van der Waals surface area contributed by atoms with E-state index >= 15 is 0 Å². The average molecular weight is 201 g/mol. The highest BCUT2D eigenvalue weighted by Crippen LogP contribution is 2.19. The molecule has 0 aromatic carbocycles. The van der Waals surface area contributed by atoms with E-state index in [4.69, 9.17) is 4.74 Å². The van der Waals surface area contributed by atoms with Crippen molar-refractivity contribution in [1.82, 2.24) is 5.32 Å². The Morgan fingerprint density at radius 1 is 1.57 bits per heavy atom. The van der Waals surface area contributed by atoms with Crippen LogP contribution in [-0.4, -0.2) is 38.7 Å². The van der Waals surface area contributed by atoms with Gasteiger partial charge in [0.15, 0.2) is 0 Å². The minimum atomic E-state index is -0.307. The molecule has 80 valence electrons. The number of nitrogens with one attached hydrogen (secondary N) is 1. The predicted molar refractivity (Wildman–Crippen MR) is 48.5 cm³/mol. The third kappa shape index (κ3) is 2.70. The Morgan fingerprint density at radius 3 is 2.86 bits per heavy atom. The Morgan fingerprint density at radius 2 is 2.29 bits per heavy atom. The second-order valence-electron chi connectivity index (χ2n) is 3.37. The Balaban J connectivity index is 2.48. The maximum absolute atomic E-state index is 11.1. The predicted octanol–water partition coefficient (Wildman–Crippen LogP) is -0.299. The van der Waals surface area contributed by atoms with Gasteiger partial charge in [0.1, 0.15) is 0 Å². The molecule has 1 aliphatic heterocycles. The molecule has 0 spiro atoms. The summed E-state index contributed by atoms with van der Waals surface area (Å²) in [5.41, 5.74) is 0. The van der Waals surface area contributed by atoms with Crippen molar-refractivity contribution in [1.29, 1.82) is 0 Å². The van der Waals surface area contributed by atoms with Crippen LogP contribution in [0.4, 0.5) is 0 Å². The topological polar surface area (TPSA) is 64.6 Å². The molecule has 1 heterocycles. The highest BCUT2D eigenvalue weighted by atomic mass is 16.5. The summed E-state index contributed by atoms with van der Waals surface area (Å²) in [5, 5.41) is 2.73. The van der Waals surface area contributed by atoms with Crippen LogP contribution in [0.1, 0.15) is 12.8 Å². The van der Waals surface area contributed by atoms with Crippen LogP contribution in [0.2, 0.25) is 0 Å². The molecule has 1 aliphatic rings. The first-order valence-electron chi connectivity index (χ1n) is 4.52. The van der Waals surface area contributed by atoms with Gasteiger partial charge in [0, 0.05) is 25.5 Å². The van der Waals surface area contributed by atoms with Crippen molar-refractivity contribution >= 4 is 11.9 Å². The third-order valence-electron chi connectivity index (χ3n) is 2.36. The van der Waals surface area contributed by atoms with Crippen molar-refractivity contribution in [3.63, 3.8) is 0 Å². The van der Waals surface area contributed by atoms with Gasteiger partial charge in [0.25, 0.3) is 0 Å². The molecule has 14 heavy (non-hydrogen) atoms. The number of hydrogen-bond acceptors (Lipinski definition) is 4. The highest BCUT2D eigenvalue weighted by Gasteiger charge is 2.33. The Kier molecular flexibility index (Phi) is 3.88. The molecule has 0 saturated carbocycles. The van der Waals surface area contributed by atoms with E-state index in [2.05, 4.69) is 10.1 Å². The normalized spacial score (nSPS) is 26.0. The number of rotatable bonds is 4. The zero-order valence-electron chi connectivity index (χ0n) is 8.41. The molecule has 1 saturated heterocycles. The molecule has 1 rings (SSSR count). The molecule has 0 aromatic heterocycles. The standard InChI is InChI=1S/C9H15NO4/c1-13-5-6-3-8(11)10-7(6)4-9(12)14-2/h6-7H,3-5H2,1-2H3,(H,10,11)/t6-,7-/m1/s1. The van der Waals surface area contributed by atoms with Gasteiger partial charge in [-0.15, -0.1) is 0 Å². The zero-order valence-corrected chi connectivity index (χ0v) is 8.41. The molecule has 2 atom stereocenters. The van der Waals surface area contributed by atoms with Crippen LogP contribution in [0.25, 0.3) is 0 Å². The minimum Gasteiger partial charge on any atom is -0.469 e. The van der Waals surface area contributed by atoms with Gasteiger partial charge < -0.3 is 14.8 Å². The second kappa shape index (κ2) is 4.95. The number of esters is 1. The lowest BCUT2D eigenvalue weighted by Gasteiger charge is -2.16. The lowest BCUT2D eigenvalue weighted by atomic mass is 9.99. The summed E-state index contributed by atoms with van der Waals surface area (Å²) >= 11 is 0. The van der Waals surface area contributed by atoms with Crippen LogP contribution < -0.4 is 5.32 Å². The molecule has 0 aromatic rings. The molecule has 5 nitrogen and oxygen atoms in total. The molecule has 1 amide bonds. The van der Waals surface area contributed by atoms with Crippen molar-refractivity contribution < 1.29 is 19.1 Å². The fourth-order valence-corrected chi connectivity index (χ4v) is 1.63. The van der Waals surface area contributed by atoms with Crippen molar-refractivity contribution in [3.05, 3.63) is 0 Å². The first kappa shape index (κ1) is 11.0. The Bertz CT molecular complexity index is 229. The molecule has 0 unspecified atom stereocenters. The number of methoxy groups -OCH3 is 2. The van der Waals surface area contributed by atoms with E-state index in [9.17, 15) is 9.59 Å². The van der Waals surface area contributed by atoms with Crippen molar-refractivity contribution in [2.45, 2.75) is 18.9 Å². The number of amides is 1. The fraction of sp³-hybridized carbons (Fsp3) is 0.778. The third-order valence-corrected chi connectivity index (χ3v) is 2.36. The highest BCUT2D eigenvalue weighted by molar-refractivity contribution is 5.80. The fourth-order valence-electron chi connectivity index (χ4n) is 1.63. The van der Waals surface area contributed by atoms with Gasteiger partial charge in [0.2, 0.25) is 5.91 Å². The summed E-state index contributed by atoms with van der Waals surface area (Å²) in [6.07, 6.45) is 0.645. The molecule has 1 fully saturated rings. The molecule has 0 bridgehead atoms. The van der Waals surface area contributed by atoms with Crippen molar-refractivity contribution in [2.75, 3.05) is 20.8 Å². The van der Waals surface area contributed by atoms with Gasteiger partial charge in [-0.3, -0.25) is 9.59 Å². The van der Waals surface area contributed by atoms with Crippen LogP contribution in [0.3, 0.4) is 0 Å². The lowest BCUT2D eigenvalue weighted by Crippen LogP contribution is -2.33.